The molecule has 1 saturated carbocycles. The van der Waals surface area contributed by atoms with Crippen LogP contribution in [0.15, 0.2) is 23.3 Å². The Bertz CT molecular complexity index is 562. The normalized spacial score (nSPS) is 18.8. The maximum atomic E-state index is 5.67. The minimum Gasteiger partial charge on any atom is -0.379 e. The number of hydrogen-bond donors (Lipinski definition) is 2. The van der Waals surface area contributed by atoms with E-state index in [-0.39, 0.29) is 0 Å². The Hall–Kier alpha value is -1.82. The molecule has 1 aromatic rings. The lowest BCUT2D eigenvalue weighted by Crippen LogP contribution is -2.49. The zero-order valence-corrected chi connectivity index (χ0v) is 16.2. The molecule has 26 heavy (non-hydrogen) atoms. The number of rotatable bonds is 8. The van der Waals surface area contributed by atoms with Gasteiger partial charge >= 0.3 is 0 Å². The monoisotopic (exact) mass is 359 g/mol. The van der Waals surface area contributed by atoms with Gasteiger partial charge in [-0.1, -0.05) is 6.07 Å². The lowest BCUT2D eigenvalue weighted by molar-refractivity contribution is 0.131. The predicted molar refractivity (Wildman–Crippen MR) is 107 cm³/mol. The second kappa shape index (κ2) is 9.76. The molecule has 0 amide bonds. The molecule has 2 fully saturated rings. The summed E-state index contributed by atoms with van der Waals surface area (Å²) >= 11 is 0. The van der Waals surface area contributed by atoms with E-state index in [0.717, 1.165) is 56.8 Å². The minimum absolute atomic E-state index is 0.460. The van der Waals surface area contributed by atoms with Crippen LogP contribution in [-0.4, -0.2) is 56.4 Å². The zero-order chi connectivity index (χ0) is 18.2. The first-order valence-corrected chi connectivity index (χ1v) is 10.0. The summed E-state index contributed by atoms with van der Waals surface area (Å²) in [6, 6.07) is 4.71. The molecule has 0 radical (unpaired) electrons. The largest absolute Gasteiger partial charge is 0.379 e. The van der Waals surface area contributed by atoms with E-state index in [1.54, 1.807) is 0 Å². The summed E-state index contributed by atoms with van der Waals surface area (Å²) in [4.78, 5) is 11.6. The summed E-state index contributed by atoms with van der Waals surface area (Å²) in [7, 11) is 0. The van der Waals surface area contributed by atoms with Gasteiger partial charge in [0.2, 0.25) is 0 Å². The molecule has 1 saturated heterocycles. The average molecular weight is 360 g/mol. The Morgan fingerprint density at radius 2 is 2.08 bits per heavy atom. The van der Waals surface area contributed by atoms with Crippen molar-refractivity contribution in [3.05, 3.63) is 23.9 Å². The Kier molecular flexibility index (Phi) is 7.12. The molecule has 2 N–H and O–H groups in total. The smallest absolute Gasteiger partial charge is 0.191 e. The Labute approximate surface area is 157 Å². The van der Waals surface area contributed by atoms with Gasteiger partial charge in [0.25, 0.3) is 0 Å². The van der Waals surface area contributed by atoms with Crippen molar-refractivity contribution < 1.29 is 4.74 Å². The Balaban J connectivity index is 1.40. The lowest BCUT2D eigenvalue weighted by atomic mass is 10.1. The number of pyridine rings is 1. The predicted octanol–water partition coefficient (Wildman–Crippen LogP) is 2.34. The second-order valence-electron chi connectivity index (χ2n) is 7.38. The van der Waals surface area contributed by atoms with Gasteiger partial charge in [0.05, 0.1) is 13.2 Å². The van der Waals surface area contributed by atoms with Gasteiger partial charge in [-0.3, -0.25) is 4.99 Å². The molecule has 0 atom stereocenters. The van der Waals surface area contributed by atoms with Crippen LogP contribution >= 0.6 is 0 Å². The third-order valence-electron chi connectivity index (χ3n) is 4.96. The van der Waals surface area contributed by atoms with Crippen molar-refractivity contribution in [1.82, 2.24) is 15.6 Å². The van der Waals surface area contributed by atoms with Crippen molar-refractivity contribution in [3.63, 3.8) is 0 Å². The van der Waals surface area contributed by atoms with Crippen LogP contribution in [-0.2, 0) is 4.74 Å². The van der Waals surface area contributed by atoms with Gasteiger partial charge in [0, 0.05) is 38.5 Å². The molecule has 1 aromatic heterocycles. The second-order valence-corrected chi connectivity index (χ2v) is 7.38. The average Bonchev–Trinajstić information content (AvgIpc) is 3.47. The molecule has 2 heterocycles. The first-order chi connectivity index (χ1) is 12.7. The van der Waals surface area contributed by atoms with Crippen LogP contribution in [0.2, 0.25) is 0 Å². The summed E-state index contributed by atoms with van der Waals surface area (Å²) in [6.45, 7) is 9.44. The van der Waals surface area contributed by atoms with E-state index in [1.807, 2.05) is 6.20 Å². The van der Waals surface area contributed by atoms with E-state index in [1.165, 1.54) is 18.4 Å². The van der Waals surface area contributed by atoms with Crippen molar-refractivity contribution >= 4 is 11.8 Å². The van der Waals surface area contributed by atoms with E-state index >= 15 is 0 Å². The molecule has 0 spiro atoms. The van der Waals surface area contributed by atoms with Crippen LogP contribution in [0.3, 0.4) is 0 Å². The highest BCUT2D eigenvalue weighted by Crippen LogP contribution is 2.28. The number of guanidine groups is 1. The van der Waals surface area contributed by atoms with Gasteiger partial charge in [0.15, 0.2) is 5.96 Å². The van der Waals surface area contributed by atoms with E-state index < -0.39 is 0 Å². The molecule has 1 aliphatic carbocycles. The Morgan fingerprint density at radius 1 is 1.27 bits per heavy atom. The van der Waals surface area contributed by atoms with Gasteiger partial charge in [-0.05, 0) is 57.1 Å². The van der Waals surface area contributed by atoms with E-state index in [4.69, 9.17) is 4.74 Å². The van der Waals surface area contributed by atoms with Crippen LogP contribution in [0, 0.1) is 12.8 Å². The number of hydrogen-bond acceptors (Lipinski definition) is 4. The number of nitrogens with zero attached hydrogens (tertiary/aromatic N) is 3. The molecule has 1 aliphatic heterocycles. The maximum Gasteiger partial charge on any atom is 0.191 e. The summed E-state index contributed by atoms with van der Waals surface area (Å²) in [5.41, 5.74) is 1.21. The fourth-order valence-electron chi connectivity index (χ4n) is 3.17. The van der Waals surface area contributed by atoms with Crippen molar-refractivity contribution in [2.75, 3.05) is 44.3 Å². The van der Waals surface area contributed by atoms with Crippen molar-refractivity contribution in [3.8, 4) is 0 Å². The minimum atomic E-state index is 0.460. The molecule has 0 aromatic carbocycles. The molecule has 2 aliphatic rings. The van der Waals surface area contributed by atoms with Crippen molar-refractivity contribution in [2.45, 2.75) is 45.6 Å². The van der Waals surface area contributed by atoms with Gasteiger partial charge in [-0.25, -0.2) is 4.98 Å². The summed E-state index contributed by atoms with van der Waals surface area (Å²) in [5, 5.41) is 6.93. The summed E-state index contributed by atoms with van der Waals surface area (Å²) < 4.78 is 5.67. The number of nitrogens with one attached hydrogen (secondary N) is 2. The van der Waals surface area contributed by atoms with E-state index in [0.29, 0.717) is 19.2 Å². The first kappa shape index (κ1) is 19.0. The van der Waals surface area contributed by atoms with Crippen molar-refractivity contribution in [1.29, 1.82) is 0 Å². The number of piperidine rings is 1. The summed E-state index contributed by atoms with van der Waals surface area (Å²) in [6.07, 6.45) is 6.81. The number of aromatic nitrogens is 1. The van der Waals surface area contributed by atoms with Gasteiger partial charge in [0.1, 0.15) is 5.82 Å². The van der Waals surface area contributed by atoms with Crippen LogP contribution in [0.5, 0.6) is 0 Å². The molecule has 6 heteroatoms. The maximum absolute atomic E-state index is 5.67. The molecule has 6 nitrogen and oxygen atoms in total. The lowest BCUT2D eigenvalue weighted by Gasteiger charge is -2.33. The SMILES string of the molecule is CCNC(=NCCOCC1CC1)NC1CCN(c2ccc(C)cn2)CC1. The van der Waals surface area contributed by atoms with Gasteiger partial charge in [-0.2, -0.15) is 0 Å². The number of ether oxygens (including phenoxy) is 1. The van der Waals surface area contributed by atoms with Crippen LogP contribution in [0.25, 0.3) is 0 Å². The third-order valence-corrected chi connectivity index (χ3v) is 4.96. The highest BCUT2D eigenvalue weighted by atomic mass is 16.5. The number of aryl methyl sites for hydroxylation is 1. The highest BCUT2D eigenvalue weighted by Gasteiger charge is 2.21. The number of anilines is 1. The van der Waals surface area contributed by atoms with E-state index in [9.17, 15) is 0 Å². The molecular weight excluding hydrogens is 326 g/mol. The van der Waals surface area contributed by atoms with Gasteiger partial charge in [-0.15, -0.1) is 0 Å². The molecule has 3 rings (SSSR count). The fourth-order valence-corrected chi connectivity index (χ4v) is 3.17. The molecule has 0 unspecified atom stereocenters. The Morgan fingerprint density at radius 3 is 2.73 bits per heavy atom. The fraction of sp³-hybridized carbons (Fsp3) is 0.700. The molecule has 0 bridgehead atoms. The van der Waals surface area contributed by atoms with Crippen molar-refractivity contribution in [2.24, 2.45) is 10.9 Å². The topological polar surface area (TPSA) is 61.8 Å². The van der Waals surface area contributed by atoms with Crippen LogP contribution in [0.4, 0.5) is 5.82 Å². The zero-order valence-electron chi connectivity index (χ0n) is 16.2. The van der Waals surface area contributed by atoms with Crippen LogP contribution in [0.1, 0.15) is 38.2 Å². The first-order valence-electron chi connectivity index (χ1n) is 10.0. The highest BCUT2D eigenvalue weighted by molar-refractivity contribution is 5.80. The molecular formula is C20H33N5O. The van der Waals surface area contributed by atoms with Crippen LogP contribution < -0.4 is 15.5 Å². The third kappa shape index (κ3) is 6.16. The number of aliphatic imine (C=N–C) groups is 1. The quantitative estimate of drug-likeness (QED) is 0.424. The summed E-state index contributed by atoms with van der Waals surface area (Å²) in [5.74, 6) is 2.82. The van der Waals surface area contributed by atoms with Gasteiger partial charge < -0.3 is 20.3 Å². The standard InChI is InChI=1S/C20H33N5O/c1-3-21-20(22-10-13-26-15-17-5-6-17)24-18-8-11-25(12-9-18)19-7-4-16(2)14-23-19/h4,7,14,17-18H,3,5-6,8-13,15H2,1-2H3,(H2,21,22,24). The van der Waals surface area contributed by atoms with E-state index in [2.05, 4.69) is 51.5 Å². The molecule has 144 valence electrons.